The van der Waals surface area contributed by atoms with Crippen molar-refractivity contribution in [3.05, 3.63) is 17.0 Å². The highest BCUT2D eigenvalue weighted by atomic mass is 32.1. The van der Waals surface area contributed by atoms with Crippen LogP contribution < -0.4 is 5.32 Å². The van der Waals surface area contributed by atoms with Crippen LogP contribution in [0.1, 0.15) is 30.9 Å². The quantitative estimate of drug-likeness (QED) is 0.928. The van der Waals surface area contributed by atoms with E-state index < -0.39 is 0 Å². The van der Waals surface area contributed by atoms with Gasteiger partial charge >= 0.3 is 0 Å². The molecule has 0 aromatic carbocycles. The minimum absolute atomic E-state index is 0.239. The van der Waals surface area contributed by atoms with Crippen LogP contribution in [-0.4, -0.2) is 46.2 Å². The predicted molar refractivity (Wildman–Crippen MR) is 77.6 cm³/mol. The second kappa shape index (κ2) is 5.99. The SMILES string of the molecule is CCC(c1noc(-c2scnc2C)n1)N1CCNCC1. The zero-order chi connectivity index (χ0) is 13.9. The minimum Gasteiger partial charge on any atom is -0.333 e. The first-order valence-corrected chi connectivity index (χ1v) is 7.86. The van der Waals surface area contributed by atoms with Gasteiger partial charge in [-0.1, -0.05) is 12.1 Å². The number of thiazole rings is 1. The molecule has 1 unspecified atom stereocenters. The Bertz CT molecular complexity index is 561. The third-order valence-corrected chi connectivity index (χ3v) is 4.58. The molecule has 0 amide bonds. The van der Waals surface area contributed by atoms with Gasteiger partial charge in [-0.05, 0) is 13.3 Å². The highest BCUT2D eigenvalue weighted by molar-refractivity contribution is 7.13. The molecule has 1 aliphatic heterocycles. The molecule has 0 bridgehead atoms. The average Bonchev–Trinajstić information content (AvgIpc) is 3.10. The van der Waals surface area contributed by atoms with Gasteiger partial charge in [0.15, 0.2) is 5.82 Å². The Morgan fingerprint density at radius 3 is 2.90 bits per heavy atom. The van der Waals surface area contributed by atoms with Crippen molar-refractivity contribution in [2.75, 3.05) is 26.2 Å². The van der Waals surface area contributed by atoms with E-state index in [1.165, 1.54) is 11.3 Å². The normalized spacial score (nSPS) is 18.3. The molecule has 0 aliphatic carbocycles. The van der Waals surface area contributed by atoms with Gasteiger partial charge in [-0.25, -0.2) is 4.98 Å². The summed E-state index contributed by atoms with van der Waals surface area (Å²) >= 11 is 1.54. The molecule has 1 saturated heterocycles. The van der Waals surface area contributed by atoms with Crippen LogP contribution in [0.5, 0.6) is 0 Å². The Morgan fingerprint density at radius 1 is 1.45 bits per heavy atom. The Morgan fingerprint density at radius 2 is 2.25 bits per heavy atom. The smallest absolute Gasteiger partial charge is 0.269 e. The summed E-state index contributed by atoms with van der Waals surface area (Å²) in [7, 11) is 0. The first-order valence-electron chi connectivity index (χ1n) is 6.98. The van der Waals surface area contributed by atoms with Crippen molar-refractivity contribution in [1.82, 2.24) is 25.3 Å². The van der Waals surface area contributed by atoms with Gasteiger partial charge < -0.3 is 9.84 Å². The van der Waals surface area contributed by atoms with E-state index in [4.69, 9.17) is 4.52 Å². The molecule has 2 aromatic heterocycles. The monoisotopic (exact) mass is 293 g/mol. The minimum atomic E-state index is 0.239. The van der Waals surface area contributed by atoms with Crippen LogP contribution in [0.2, 0.25) is 0 Å². The zero-order valence-electron chi connectivity index (χ0n) is 11.8. The lowest BCUT2D eigenvalue weighted by molar-refractivity contribution is 0.160. The topological polar surface area (TPSA) is 67.1 Å². The van der Waals surface area contributed by atoms with E-state index in [-0.39, 0.29) is 6.04 Å². The van der Waals surface area contributed by atoms with Crippen molar-refractivity contribution >= 4 is 11.3 Å². The van der Waals surface area contributed by atoms with E-state index in [0.29, 0.717) is 5.89 Å². The van der Waals surface area contributed by atoms with E-state index in [9.17, 15) is 0 Å². The van der Waals surface area contributed by atoms with Gasteiger partial charge in [0.25, 0.3) is 5.89 Å². The van der Waals surface area contributed by atoms with Gasteiger partial charge in [-0.15, -0.1) is 11.3 Å². The molecule has 2 aromatic rings. The largest absolute Gasteiger partial charge is 0.333 e. The maximum absolute atomic E-state index is 5.43. The molecule has 1 aliphatic rings. The first kappa shape index (κ1) is 13.7. The summed E-state index contributed by atoms with van der Waals surface area (Å²) in [4.78, 5) is 12.2. The van der Waals surface area contributed by atoms with E-state index in [2.05, 4.69) is 32.3 Å². The van der Waals surface area contributed by atoms with Crippen molar-refractivity contribution < 1.29 is 4.52 Å². The summed E-state index contributed by atoms with van der Waals surface area (Å²) in [6, 6.07) is 0.239. The number of aryl methyl sites for hydroxylation is 1. The summed E-state index contributed by atoms with van der Waals surface area (Å²) in [5.74, 6) is 1.38. The summed E-state index contributed by atoms with van der Waals surface area (Å²) in [5, 5.41) is 7.56. The van der Waals surface area contributed by atoms with Crippen LogP contribution in [0.25, 0.3) is 10.8 Å². The lowest BCUT2D eigenvalue weighted by Gasteiger charge is -2.32. The second-order valence-electron chi connectivity index (χ2n) is 4.93. The van der Waals surface area contributed by atoms with Gasteiger partial charge in [0.1, 0.15) is 4.88 Å². The molecule has 20 heavy (non-hydrogen) atoms. The van der Waals surface area contributed by atoms with Crippen molar-refractivity contribution in [3.8, 4) is 10.8 Å². The molecule has 1 fully saturated rings. The van der Waals surface area contributed by atoms with Crippen molar-refractivity contribution in [1.29, 1.82) is 0 Å². The third-order valence-electron chi connectivity index (χ3n) is 3.66. The van der Waals surface area contributed by atoms with Crippen LogP contribution in [0.3, 0.4) is 0 Å². The number of hydrogen-bond donors (Lipinski definition) is 1. The molecular formula is C13H19N5OS. The lowest BCUT2D eigenvalue weighted by atomic mass is 10.1. The molecule has 3 rings (SSSR count). The summed E-state index contributed by atoms with van der Waals surface area (Å²) in [5.41, 5.74) is 2.75. The van der Waals surface area contributed by atoms with Crippen LogP contribution in [0.4, 0.5) is 0 Å². The lowest BCUT2D eigenvalue weighted by Crippen LogP contribution is -2.45. The van der Waals surface area contributed by atoms with Crippen molar-refractivity contribution in [2.45, 2.75) is 26.3 Å². The van der Waals surface area contributed by atoms with Gasteiger partial charge in [0, 0.05) is 26.2 Å². The molecule has 7 heteroatoms. The predicted octanol–water partition coefficient (Wildman–Crippen LogP) is 1.86. The van der Waals surface area contributed by atoms with E-state index in [0.717, 1.165) is 49.0 Å². The molecule has 1 atom stereocenters. The van der Waals surface area contributed by atoms with Crippen LogP contribution in [-0.2, 0) is 0 Å². The number of nitrogens with zero attached hydrogens (tertiary/aromatic N) is 4. The fraction of sp³-hybridized carbons (Fsp3) is 0.615. The highest BCUT2D eigenvalue weighted by Crippen LogP contribution is 2.28. The molecule has 108 valence electrons. The highest BCUT2D eigenvalue weighted by Gasteiger charge is 2.25. The Balaban J connectivity index is 1.82. The maximum Gasteiger partial charge on any atom is 0.269 e. The van der Waals surface area contributed by atoms with Crippen LogP contribution >= 0.6 is 11.3 Å². The fourth-order valence-electron chi connectivity index (χ4n) is 2.57. The Kier molecular flexibility index (Phi) is 4.09. The Hall–Kier alpha value is -1.31. The number of aromatic nitrogens is 3. The second-order valence-corrected chi connectivity index (χ2v) is 5.79. The molecule has 0 spiro atoms. The molecular weight excluding hydrogens is 274 g/mol. The summed E-state index contributed by atoms with van der Waals surface area (Å²) in [6.45, 7) is 8.23. The summed E-state index contributed by atoms with van der Waals surface area (Å²) < 4.78 is 5.43. The van der Waals surface area contributed by atoms with E-state index in [1.54, 1.807) is 0 Å². The van der Waals surface area contributed by atoms with Gasteiger partial charge in [0.05, 0.1) is 17.2 Å². The number of nitrogens with one attached hydrogen (secondary N) is 1. The number of piperazine rings is 1. The van der Waals surface area contributed by atoms with E-state index in [1.807, 2.05) is 12.4 Å². The molecule has 0 saturated carbocycles. The maximum atomic E-state index is 5.43. The third kappa shape index (κ3) is 2.61. The Labute approximate surface area is 122 Å². The first-order chi connectivity index (χ1) is 9.79. The molecule has 1 N–H and O–H groups in total. The standard InChI is InChI=1S/C13H19N5OS/c1-3-10(18-6-4-14-5-7-18)12-16-13(19-17-12)11-9(2)15-8-20-11/h8,10,14H,3-7H2,1-2H3. The fourth-order valence-corrected chi connectivity index (χ4v) is 3.29. The van der Waals surface area contributed by atoms with Gasteiger partial charge in [-0.2, -0.15) is 4.98 Å². The van der Waals surface area contributed by atoms with Gasteiger partial charge in [-0.3, -0.25) is 4.90 Å². The van der Waals surface area contributed by atoms with Crippen molar-refractivity contribution in [2.24, 2.45) is 0 Å². The van der Waals surface area contributed by atoms with E-state index >= 15 is 0 Å². The van der Waals surface area contributed by atoms with Crippen LogP contribution in [0, 0.1) is 6.92 Å². The van der Waals surface area contributed by atoms with Gasteiger partial charge in [0.2, 0.25) is 0 Å². The number of rotatable bonds is 4. The van der Waals surface area contributed by atoms with Crippen LogP contribution in [0.15, 0.2) is 10.0 Å². The zero-order valence-corrected chi connectivity index (χ0v) is 12.6. The number of hydrogen-bond acceptors (Lipinski definition) is 7. The molecule has 3 heterocycles. The summed E-state index contributed by atoms with van der Waals surface area (Å²) in [6.07, 6.45) is 0.987. The molecule has 6 nitrogen and oxygen atoms in total. The average molecular weight is 293 g/mol. The molecule has 0 radical (unpaired) electrons. The van der Waals surface area contributed by atoms with Crippen molar-refractivity contribution in [3.63, 3.8) is 0 Å².